The molecule has 17 heavy (non-hydrogen) atoms. The highest BCUT2D eigenvalue weighted by Gasteiger charge is 2.11. The van der Waals surface area contributed by atoms with Crippen molar-refractivity contribution in [2.75, 3.05) is 13.2 Å². The van der Waals surface area contributed by atoms with Gasteiger partial charge in [-0.05, 0) is 26.0 Å². The summed E-state index contributed by atoms with van der Waals surface area (Å²) in [6.07, 6.45) is -0.778. The van der Waals surface area contributed by atoms with E-state index in [1.807, 2.05) is 0 Å². The number of hydrogen-bond acceptors (Lipinski definition) is 3. The summed E-state index contributed by atoms with van der Waals surface area (Å²) in [5, 5.41) is 12.0. The third-order valence-corrected chi connectivity index (χ3v) is 2.16. The molecule has 1 rings (SSSR count). The second-order valence-electron chi connectivity index (χ2n) is 3.60. The molecule has 0 saturated heterocycles. The van der Waals surface area contributed by atoms with Gasteiger partial charge >= 0.3 is 0 Å². The van der Waals surface area contributed by atoms with Crippen molar-refractivity contribution < 1.29 is 19.0 Å². The molecule has 0 fully saturated rings. The zero-order valence-electron chi connectivity index (χ0n) is 9.87. The third kappa shape index (κ3) is 4.03. The Bertz CT molecular complexity index is 393. The Labute approximate surface area is 99.4 Å². The Morgan fingerprint density at radius 3 is 2.88 bits per heavy atom. The van der Waals surface area contributed by atoms with Gasteiger partial charge in [-0.2, -0.15) is 0 Å². The molecule has 1 atom stereocenters. The highest BCUT2D eigenvalue weighted by atomic mass is 19.1. The summed E-state index contributed by atoms with van der Waals surface area (Å²) in [4.78, 5) is 11.2. The van der Waals surface area contributed by atoms with E-state index in [1.54, 1.807) is 13.8 Å². The summed E-state index contributed by atoms with van der Waals surface area (Å²) in [6, 6.07) is 3.83. The summed E-state index contributed by atoms with van der Waals surface area (Å²) >= 11 is 0. The maximum Gasteiger partial charge on any atom is 0.257 e. The fourth-order valence-electron chi connectivity index (χ4n) is 1.37. The molecule has 0 spiro atoms. The number of likely N-dealkylation sites (N-methyl/N-ethyl adjacent to an activating group) is 1. The topological polar surface area (TPSA) is 58.6 Å². The van der Waals surface area contributed by atoms with Crippen molar-refractivity contribution in [1.29, 1.82) is 0 Å². The Kier molecular flexibility index (Phi) is 4.90. The van der Waals surface area contributed by atoms with Gasteiger partial charge in [-0.25, -0.2) is 4.39 Å². The first-order chi connectivity index (χ1) is 8.04. The summed E-state index contributed by atoms with van der Waals surface area (Å²) in [5.41, 5.74) is 0.454. The molecule has 0 saturated carbocycles. The lowest BCUT2D eigenvalue weighted by molar-refractivity contribution is -0.123. The number of hydrogen-bond donors (Lipinski definition) is 2. The number of aliphatic hydroxyl groups excluding tert-OH is 1. The lowest BCUT2D eigenvalue weighted by atomic mass is 10.1. The number of carbonyl (C=O) groups is 1. The molecule has 94 valence electrons. The molecule has 0 radical (unpaired) electrons. The van der Waals surface area contributed by atoms with Crippen LogP contribution in [-0.4, -0.2) is 24.2 Å². The van der Waals surface area contributed by atoms with E-state index in [4.69, 9.17) is 4.74 Å². The molecular weight excluding hydrogens is 225 g/mol. The van der Waals surface area contributed by atoms with Crippen LogP contribution >= 0.6 is 0 Å². The fraction of sp³-hybridized carbons (Fsp3) is 0.417. The largest absolute Gasteiger partial charge is 0.483 e. The van der Waals surface area contributed by atoms with Crippen LogP contribution < -0.4 is 10.1 Å². The van der Waals surface area contributed by atoms with E-state index in [-0.39, 0.29) is 18.3 Å². The van der Waals surface area contributed by atoms with Crippen LogP contribution in [0.4, 0.5) is 4.39 Å². The number of rotatable bonds is 5. The van der Waals surface area contributed by atoms with Gasteiger partial charge < -0.3 is 15.2 Å². The predicted molar refractivity (Wildman–Crippen MR) is 61.2 cm³/mol. The molecule has 1 amide bonds. The zero-order chi connectivity index (χ0) is 12.8. The third-order valence-electron chi connectivity index (χ3n) is 2.16. The van der Waals surface area contributed by atoms with Gasteiger partial charge in [0.05, 0.1) is 6.10 Å². The van der Waals surface area contributed by atoms with Crippen molar-refractivity contribution in [2.45, 2.75) is 20.0 Å². The van der Waals surface area contributed by atoms with Crippen molar-refractivity contribution in [1.82, 2.24) is 5.32 Å². The van der Waals surface area contributed by atoms with E-state index in [0.717, 1.165) is 6.07 Å². The highest BCUT2D eigenvalue weighted by molar-refractivity contribution is 5.77. The van der Waals surface area contributed by atoms with E-state index < -0.39 is 11.9 Å². The lowest BCUT2D eigenvalue weighted by Gasteiger charge is -2.13. The zero-order valence-corrected chi connectivity index (χ0v) is 9.87. The van der Waals surface area contributed by atoms with Crippen LogP contribution in [-0.2, 0) is 4.79 Å². The van der Waals surface area contributed by atoms with E-state index in [9.17, 15) is 14.3 Å². The molecule has 0 unspecified atom stereocenters. The lowest BCUT2D eigenvalue weighted by Crippen LogP contribution is -2.28. The normalized spacial score (nSPS) is 12.0. The van der Waals surface area contributed by atoms with Crippen LogP contribution in [0, 0.1) is 5.82 Å². The van der Waals surface area contributed by atoms with Crippen LogP contribution in [0.5, 0.6) is 5.75 Å². The first kappa shape index (κ1) is 13.4. The summed E-state index contributed by atoms with van der Waals surface area (Å²) in [6.45, 7) is 3.65. The monoisotopic (exact) mass is 241 g/mol. The quantitative estimate of drug-likeness (QED) is 0.819. The van der Waals surface area contributed by atoms with Crippen molar-refractivity contribution >= 4 is 5.91 Å². The summed E-state index contributed by atoms with van der Waals surface area (Å²) in [5.74, 6) is -0.570. The summed E-state index contributed by atoms with van der Waals surface area (Å²) in [7, 11) is 0. The van der Waals surface area contributed by atoms with Crippen LogP contribution in [0.2, 0.25) is 0 Å². The molecular formula is C12H16FNO3. The number of aliphatic hydroxyl groups is 1. The molecule has 4 nitrogen and oxygen atoms in total. The SMILES string of the molecule is CCNC(=O)COc1cc(F)ccc1[C@H](C)O. The van der Waals surface area contributed by atoms with Gasteiger partial charge in [0.1, 0.15) is 11.6 Å². The standard InChI is InChI=1S/C12H16FNO3/c1-3-14-12(16)7-17-11-6-9(13)4-5-10(11)8(2)15/h4-6,8,15H,3,7H2,1-2H3,(H,14,16)/t8-/m0/s1. The van der Waals surface area contributed by atoms with Crippen LogP contribution in [0.15, 0.2) is 18.2 Å². The van der Waals surface area contributed by atoms with Gasteiger partial charge in [-0.15, -0.1) is 0 Å². The van der Waals surface area contributed by atoms with Crippen LogP contribution in [0.3, 0.4) is 0 Å². The van der Waals surface area contributed by atoms with Crippen molar-refractivity contribution in [2.24, 2.45) is 0 Å². The van der Waals surface area contributed by atoms with Gasteiger partial charge in [-0.3, -0.25) is 4.79 Å². The molecule has 5 heteroatoms. The molecule has 0 aliphatic heterocycles. The number of nitrogens with one attached hydrogen (secondary N) is 1. The molecule has 1 aromatic carbocycles. The Hall–Kier alpha value is -1.62. The second-order valence-corrected chi connectivity index (χ2v) is 3.60. The second kappa shape index (κ2) is 6.20. The molecule has 2 N–H and O–H groups in total. The van der Waals surface area contributed by atoms with Gasteiger partial charge in [0.25, 0.3) is 5.91 Å². The van der Waals surface area contributed by atoms with E-state index in [2.05, 4.69) is 5.32 Å². The maximum atomic E-state index is 13.0. The van der Waals surface area contributed by atoms with Crippen LogP contribution in [0.25, 0.3) is 0 Å². The minimum absolute atomic E-state index is 0.186. The number of benzene rings is 1. The van der Waals surface area contributed by atoms with Gasteiger partial charge in [0, 0.05) is 18.2 Å². The number of carbonyl (C=O) groups excluding carboxylic acids is 1. The van der Waals surface area contributed by atoms with E-state index in [0.29, 0.717) is 12.1 Å². The number of amides is 1. The van der Waals surface area contributed by atoms with Crippen molar-refractivity contribution in [3.63, 3.8) is 0 Å². The predicted octanol–water partition coefficient (Wildman–Crippen LogP) is 1.39. The first-order valence-electron chi connectivity index (χ1n) is 5.41. The maximum absolute atomic E-state index is 13.0. The molecule has 0 aromatic heterocycles. The number of halogens is 1. The Balaban J connectivity index is 2.75. The van der Waals surface area contributed by atoms with Gasteiger partial charge in [-0.1, -0.05) is 0 Å². The molecule has 0 aliphatic carbocycles. The molecule has 1 aromatic rings. The smallest absolute Gasteiger partial charge is 0.257 e. The highest BCUT2D eigenvalue weighted by Crippen LogP contribution is 2.25. The van der Waals surface area contributed by atoms with Gasteiger partial charge in [0.2, 0.25) is 0 Å². The minimum atomic E-state index is -0.778. The van der Waals surface area contributed by atoms with E-state index >= 15 is 0 Å². The van der Waals surface area contributed by atoms with Crippen LogP contribution in [0.1, 0.15) is 25.5 Å². The molecule has 0 aliphatic rings. The van der Waals surface area contributed by atoms with Gasteiger partial charge in [0.15, 0.2) is 6.61 Å². The molecule has 0 heterocycles. The fourth-order valence-corrected chi connectivity index (χ4v) is 1.37. The minimum Gasteiger partial charge on any atom is -0.483 e. The molecule has 0 bridgehead atoms. The first-order valence-corrected chi connectivity index (χ1v) is 5.41. The average molecular weight is 241 g/mol. The van der Waals surface area contributed by atoms with E-state index in [1.165, 1.54) is 12.1 Å². The summed E-state index contributed by atoms with van der Waals surface area (Å²) < 4.78 is 18.2. The van der Waals surface area contributed by atoms with Crippen molar-refractivity contribution in [3.8, 4) is 5.75 Å². The Morgan fingerprint density at radius 1 is 1.59 bits per heavy atom. The average Bonchev–Trinajstić information content (AvgIpc) is 2.26. The number of ether oxygens (including phenoxy) is 1. The Morgan fingerprint density at radius 2 is 2.29 bits per heavy atom. The van der Waals surface area contributed by atoms with Crippen molar-refractivity contribution in [3.05, 3.63) is 29.6 Å².